The molecule has 2 aliphatic rings. The highest BCUT2D eigenvalue weighted by Crippen LogP contribution is 2.49. The average Bonchev–Trinajstić information content (AvgIpc) is 3.20. The number of rotatable bonds is 4. The smallest absolute Gasteiger partial charge is 0.0718 e. The fourth-order valence-corrected chi connectivity index (χ4v) is 4.90. The average molecular weight is 283 g/mol. The van der Waals surface area contributed by atoms with Gasteiger partial charge in [-0.15, -0.1) is 0 Å². The van der Waals surface area contributed by atoms with Crippen LogP contribution in [0.2, 0.25) is 0 Å². The van der Waals surface area contributed by atoms with Gasteiger partial charge in [-0.1, -0.05) is 24.6 Å². The van der Waals surface area contributed by atoms with Crippen LogP contribution in [0.15, 0.2) is 24.3 Å². The van der Waals surface area contributed by atoms with Crippen molar-refractivity contribution in [2.24, 2.45) is 24.8 Å². The molecule has 112 valence electrons. The molecule has 2 saturated carbocycles. The van der Waals surface area contributed by atoms with Crippen LogP contribution in [0.3, 0.4) is 0 Å². The highest BCUT2D eigenvalue weighted by Gasteiger charge is 2.42. The lowest BCUT2D eigenvalue weighted by Crippen LogP contribution is -2.38. The molecule has 2 fully saturated rings. The Labute approximate surface area is 126 Å². The quantitative estimate of drug-likeness (QED) is 0.934. The number of aromatic nitrogens is 2. The first-order chi connectivity index (χ1) is 10.3. The lowest BCUT2D eigenvalue weighted by Gasteiger charge is -2.30. The third kappa shape index (κ3) is 2.18. The summed E-state index contributed by atoms with van der Waals surface area (Å²) in [4.78, 5) is 0. The Morgan fingerprint density at radius 3 is 2.86 bits per heavy atom. The van der Waals surface area contributed by atoms with Crippen molar-refractivity contribution >= 4 is 10.9 Å². The SMILES string of the molecule is CNC(Cc1nn(C)c2ccccc12)C1CC2CCC1C2. The third-order valence-electron chi connectivity index (χ3n) is 5.93. The van der Waals surface area contributed by atoms with Crippen LogP contribution in [0.25, 0.3) is 10.9 Å². The fourth-order valence-electron chi connectivity index (χ4n) is 4.90. The van der Waals surface area contributed by atoms with Gasteiger partial charge < -0.3 is 5.32 Å². The normalized spacial score (nSPS) is 29.3. The van der Waals surface area contributed by atoms with Gasteiger partial charge in [0.1, 0.15) is 0 Å². The Hall–Kier alpha value is -1.35. The number of likely N-dealkylation sites (N-methyl/N-ethyl adjacent to an activating group) is 1. The van der Waals surface area contributed by atoms with E-state index in [9.17, 15) is 0 Å². The molecule has 2 aliphatic carbocycles. The highest BCUT2D eigenvalue weighted by atomic mass is 15.3. The second kappa shape index (κ2) is 5.13. The van der Waals surface area contributed by atoms with Crippen molar-refractivity contribution in [2.75, 3.05) is 7.05 Å². The summed E-state index contributed by atoms with van der Waals surface area (Å²) in [6, 6.07) is 9.18. The largest absolute Gasteiger partial charge is 0.316 e. The van der Waals surface area contributed by atoms with Crippen molar-refractivity contribution in [1.29, 1.82) is 0 Å². The second-order valence-electron chi connectivity index (χ2n) is 7.03. The van der Waals surface area contributed by atoms with Crippen LogP contribution in [0.5, 0.6) is 0 Å². The van der Waals surface area contributed by atoms with Crippen LogP contribution in [-0.4, -0.2) is 22.9 Å². The number of benzene rings is 1. The van der Waals surface area contributed by atoms with E-state index in [1.165, 1.54) is 42.3 Å². The van der Waals surface area contributed by atoms with E-state index in [1.54, 1.807) is 0 Å². The van der Waals surface area contributed by atoms with Gasteiger partial charge in [0.15, 0.2) is 0 Å². The van der Waals surface area contributed by atoms with Gasteiger partial charge in [-0.05, 0) is 50.1 Å². The number of hydrogen-bond donors (Lipinski definition) is 1. The van der Waals surface area contributed by atoms with Crippen molar-refractivity contribution in [3.8, 4) is 0 Å². The number of hydrogen-bond acceptors (Lipinski definition) is 2. The standard InChI is InChI=1S/C18H25N3/c1-19-16(15-10-12-7-8-13(15)9-12)11-17-14-5-3-4-6-18(14)21(2)20-17/h3-6,12-13,15-16,19H,7-11H2,1-2H3. The number of fused-ring (bicyclic) bond motifs is 3. The van der Waals surface area contributed by atoms with E-state index < -0.39 is 0 Å². The fraction of sp³-hybridized carbons (Fsp3) is 0.611. The van der Waals surface area contributed by atoms with Crippen LogP contribution < -0.4 is 5.32 Å². The first-order valence-corrected chi connectivity index (χ1v) is 8.34. The van der Waals surface area contributed by atoms with Crippen molar-refractivity contribution < 1.29 is 0 Å². The molecule has 2 aromatic rings. The summed E-state index contributed by atoms with van der Waals surface area (Å²) in [5.74, 6) is 2.83. The van der Waals surface area contributed by atoms with E-state index in [1.807, 2.05) is 4.68 Å². The molecule has 3 nitrogen and oxygen atoms in total. The molecule has 1 aromatic heterocycles. The summed E-state index contributed by atoms with van der Waals surface area (Å²) in [7, 11) is 4.18. The highest BCUT2D eigenvalue weighted by molar-refractivity contribution is 5.81. The summed E-state index contributed by atoms with van der Waals surface area (Å²) in [5.41, 5.74) is 2.51. The minimum absolute atomic E-state index is 0.582. The Morgan fingerprint density at radius 2 is 2.14 bits per heavy atom. The van der Waals surface area contributed by atoms with Crippen LogP contribution in [0.4, 0.5) is 0 Å². The number of nitrogens with one attached hydrogen (secondary N) is 1. The van der Waals surface area contributed by atoms with Crippen LogP contribution in [-0.2, 0) is 13.5 Å². The maximum absolute atomic E-state index is 4.79. The number of nitrogens with zero attached hydrogens (tertiary/aromatic N) is 2. The predicted molar refractivity (Wildman–Crippen MR) is 86.2 cm³/mol. The second-order valence-corrected chi connectivity index (χ2v) is 7.03. The first kappa shape index (κ1) is 13.3. The van der Waals surface area contributed by atoms with E-state index in [2.05, 4.69) is 43.7 Å². The molecule has 1 heterocycles. The molecule has 1 N–H and O–H groups in total. The number of aryl methyl sites for hydroxylation is 1. The van der Waals surface area contributed by atoms with Crippen molar-refractivity contribution in [3.63, 3.8) is 0 Å². The van der Waals surface area contributed by atoms with Gasteiger partial charge in [0, 0.05) is 24.9 Å². The van der Waals surface area contributed by atoms with Crippen LogP contribution in [0, 0.1) is 17.8 Å². The minimum atomic E-state index is 0.582. The number of para-hydroxylation sites is 1. The molecule has 21 heavy (non-hydrogen) atoms. The molecular formula is C18H25N3. The van der Waals surface area contributed by atoms with Gasteiger partial charge in [0.25, 0.3) is 0 Å². The molecule has 3 heteroatoms. The predicted octanol–water partition coefficient (Wildman–Crippen LogP) is 3.14. The van der Waals surface area contributed by atoms with E-state index in [-0.39, 0.29) is 0 Å². The topological polar surface area (TPSA) is 29.9 Å². The van der Waals surface area contributed by atoms with E-state index in [0.717, 1.165) is 24.2 Å². The third-order valence-corrected chi connectivity index (χ3v) is 5.93. The zero-order valence-electron chi connectivity index (χ0n) is 13.0. The van der Waals surface area contributed by atoms with Crippen molar-refractivity contribution in [2.45, 2.75) is 38.1 Å². The van der Waals surface area contributed by atoms with Crippen molar-refractivity contribution in [1.82, 2.24) is 15.1 Å². The Morgan fingerprint density at radius 1 is 1.29 bits per heavy atom. The maximum Gasteiger partial charge on any atom is 0.0718 e. The molecule has 0 spiro atoms. The Kier molecular flexibility index (Phi) is 3.26. The molecule has 1 aromatic carbocycles. The molecule has 0 aliphatic heterocycles. The molecule has 4 unspecified atom stereocenters. The zero-order chi connectivity index (χ0) is 14.4. The molecule has 0 amide bonds. The lowest BCUT2D eigenvalue weighted by atomic mass is 9.81. The summed E-state index contributed by atoms with van der Waals surface area (Å²) >= 11 is 0. The van der Waals surface area contributed by atoms with E-state index in [4.69, 9.17) is 5.10 Å². The molecule has 4 atom stereocenters. The van der Waals surface area contributed by atoms with Gasteiger partial charge in [-0.2, -0.15) is 5.10 Å². The van der Waals surface area contributed by atoms with E-state index in [0.29, 0.717) is 6.04 Å². The van der Waals surface area contributed by atoms with Crippen LogP contribution >= 0.6 is 0 Å². The first-order valence-electron chi connectivity index (χ1n) is 8.34. The zero-order valence-corrected chi connectivity index (χ0v) is 13.0. The molecule has 0 saturated heterocycles. The summed E-state index contributed by atoms with van der Waals surface area (Å²) in [5, 5.41) is 9.71. The monoisotopic (exact) mass is 283 g/mol. The Bertz CT molecular complexity index is 645. The molecule has 4 rings (SSSR count). The minimum Gasteiger partial charge on any atom is -0.316 e. The lowest BCUT2D eigenvalue weighted by molar-refractivity contribution is 0.254. The van der Waals surface area contributed by atoms with Crippen molar-refractivity contribution in [3.05, 3.63) is 30.0 Å². The van der Waals surface area contributed by atoms with Gasteiger partial charge in [0.05, 0.1) is 11.2 Å². The molecule has 0 radical (unpaired) electrons. The van der Waals surface area contributed by atoms with Gasteiger partial charge in [-0.25, -0.2) is 0 Å². The van der Waals surface area contributed by atoms with Gasteiger partial charge >= 0.3 is 0 Å². The molecule has 2 bridgehead atoms. The summed E-state index contributed by atoms with van der Waals surface area (Å²) < 4.78 is 2.03. The van der Waals surface area contributed by atoms with Gasteiger partial charge in [-0.3, -0.25) is 4.68 Å². The van der Waals surface area contributed by atoms with Crippen LogP contribution in [0.1, 0.15) is 31.4 Å². The Balaban J connectivity index is 1.61. The van der Waals surface area contributed by atoms with Gasteiger partial charge in [0.2, 0.25) is 0 Å². The molecular weight excluding hydrogens is 258 g/mol. The summed E-state index contributed by atoms with van der Waals surface area (Å²) in [6.45, 7) is 0. The summed E-state index contributed by atoms with van der Waals surface area (Å²) in [6.07, 6.45) is 6.90. The van der Waals surface area contributed by atoms with E-state index >= 15 is 0 Å². The maximum atomic E-state index is 4.79.